The summed E-state index contributed by atoms with van der Waals surface area (Å²) in [6, 6.07) is 17.3. The molecule has 0 aliphatic heterocycles. The van der Waals surface area contributed by atoms with E-state index in [9.17, 15) is 0 Å². The first kappa shape index (κ1) is 30.0. The molecule has 1 nitrogen and oxygen atoms in total. The molecular weight excluding hydrogens is 555 g/mol. The first-order valence-electron chi connectivity index (χ1n) is 18.5. The van der Waals surface area contributed by atoms with Crippen molar-refractivity contribution in [3.8, 4) is 0 Å². The molecule has 3 atom stereocenters. The van der Waals surface area contributed by atoms with E-state index in [1.54, 1.807) is 16.7 Å². The Kier molecular flexibility index (Phi) is 7.47. The Morgan fingerprint density at radius 2 is 1.33 bits per heavy atom. The molecule has 3 unspecified atom stereocenters. The fourth-order valence-corrected chi connectivity index (χ4v) is 10.1. The third kappa shape index (κ3) is 4.87. The van der Waals surface area contributed by atoms with Crippen molar-refractivity contribution in [1.29, 1.82) is 0 Å². The van der Waals surface area contributed by atoms with Gasteiger partial charge < -0.3 is 4.90 Å². The number of hydrogen-bond acceptors (Lipinski definition) is 1. The minimum Gasteiger partial charge on any atom is -0.335 e. The number of rotatable bonds is 5. The predicted molar refractivity (Wildman–Crippen MR) is 196 cm³/mol. The van der Waals surface area contributed by atoms with Crippen LogP contribution in [-0.2, 0) is 5.41 Å². The molecule has 2 saturated carbocycles. The van der Waals surface area contributed by atoms with Gasteiger partial charge in [-0.1, -0.05) is 131 Å². The van der Waals surface area contributed by atoms with Crippen LogP contribution in [0.4, 0.5) is 5.69 Å². The highest BCUT2D eigenvalue weighted by atomic mass is 15.2. The Morgan fingerprint density at radius 3 is 2.04 bits per heavy atom. The molecule has 46 heavy (non-hydrogen) atoms. The van der Waals surface area contributed by atoms with Crippen molar-refractivity contribution in [3.05, 3.63) is 131 Å². The van der Waals surface area contributed by atoms with E-state index in [-0.39, 0.29) is 16.4 Å². The van der Waals surface area contributed by atoms with Crippen molar-refractivity contribution >= 4 is 11.3 Å². The van der Waals surface area contributed by atoms with Crippen LogP contribution in [0.15, 0.2) is 108 Å². The topological polar surface area (TPSA) is 3.24 Å². The first-order chi connectivity index (χ1) is 22.3. The molecule has 2 fully saturated rings. The van der Waals surface area contributed by atoms with Crippen LogP contribution in [0.2, 0.25) is 0 Å². The van der Waals surface area contributed by atoms with Crippen LogP contribution >= 0.6 is 0 Å². The SMILES string of the molecule is CC1(C)C2=C(C=CC(C)(N(C3=CC=CC4C=CC=CC34C)c3ccc(C4CCCCC4)cc3)C2)c2ccc(C3CCCCC3)cc21. The van der Waals surface area contributed by atoms with Crippen LogP contribution in [0, 0.1) is 11.3 Å². The molecule has 0 bridgehead atoms. The molecule has 6 aliphatic rings. The molecule has 0 saturated heterocycles. The number of nitrogens with zero attached hydrogens (tertiary/aromatic N) is 1. The number of allylic oxidation sites excluding steroid dienone is 9. The third-order valence-electron chi connectivity index (χ3n) is 13.0. The van der Waals surface area contributed by atoms with Crippen molar-refractivity contribution in [2.24, 2.45) is 11.3 Å². The van der Waals surface area contributed by atoms with Crippen molar-refractivity contribution in [2.75, 3.05) is 4.90 Å². The average Bonchev–Trinajstić information content (AvgIpc) is 3.30. The maximum Gasteiger partial charge on any atom is 0.0643 e. The van der Waals surface area contributed by atoms with Gasteiger partial charge in [0.2, 0.25) is 0 Å². The average molecular weight is 608 g/mol. The first-order valence-corrected chi connectivity index (χ1v) is 18.5. The number of hydrogen-bond donors (Lipinski definition) is 0. The van der Waals surface area contributed by atoms with Crippen molar-refractivity contribution in [1.82, 2.24) is 0 Å². The largest absolute Gasteiger partial charge is 0.335 e. The molecule has 0 heterocycles. The Balaban J connectivity index is 1.18. The maximum absolute atomic E-state index is 2.73. The second-order valence-electron chi connectivity index (χ2n) is 16.3. The fourth-order valence-electron chi connectivity index (χ4n) is 10.1. The highest BCUT2D eigenvalue weighted by molar-refractivity contribution is 5.88. The van der Waals surface area contributed by atoms with Gasteiger partial charge in [-0.25, -0.2) is 0 Å². The monoisotopic (exact) mass is 607 g/mol. The lowest BCUT2D eigenvalue weighted by Gasteiger charge is -2.51. The van der Waals surface area contributed by atoms with Crippen molar-refractivity contribution in [2.45, 2.75) is 121 Å². The van der Waals surface area contributed by atoms with E-state index in [0.717, 1.165) is 18.3 Å². The highest BCUT2D eigenvalue weighted by Crippen LogP contribution is 2.56. The summed E-state index contributed by atoms with van der Waals surface area (Å²) in [4.78, 5) is 2.73. The van der Waals surface area contributed by atoms with Crippen LogP contribution in [0.1, 0.15) is 132 Å². The van der Waals surface area contributed by atoms with Gasteiger partial charge in [-0.3, -0.25) is 0 Å². The zero-order chi connectivity index (χ0) is 31.5. The van der Waals surface area contributed by atoms with E-state index in [4.69, 9.17) is 0 Å². The van der Waals surface area contributed by atoms with Gasteiger partial charge in [0.05, 0.1) is 5.54 Å². The minimum absolute atomic E-state index is 0.0125. The molecule has 8 rings (SSSR count). The fraction of sp³-hybridized carbons (Fsp3) is 0.467. The van der Waals surface area contributed by atoms with E-state index in [1.807, 2.05) is 0 Å². The molecule has 0 amide bonds. The summed E-state index contributed by atoms with van der Waals surface area (Å²) in [5.41, 5.74) is 11.6. The summed E-state index contributed by atoms with van der Waals surface area (Å²) in [6.07, 6.45) is 36.2. The smallest absolute Gasteiger partial charge is 0.0643 e. The summed E-state index contributed by atoms with van der Waals surface area (Å²) in [5, 5.41) is 0. The Hall–Kier alpha value is -3.32. The van der Waals surface area contributed by atoms with Gasteiger partial charge in [0.15, 0.2) is 0 Å². The number of benzene rings is 2. The van der Waals surface area contributed by atoms with Crippen LogP contribution in [0.3, 0.4) is 0 Å². The summed E-state index contributed by atoms with van der Waals surface area (Å²) < 4.78 is 0. The molecule has 0 radical (unpaired) electrons. The van der Waals surface area contributed by atoms with Crippen LogP contribution in [0.25, 0.3) is 5.57 Å². The van der Waals surface area contributed by atoms with E-state index in [2.05, 4.69) is 130 Å². The number of anilines is 1. The van der Waals surface area contributed by atoms with E-state index in [0.29, 0.717) is 5.92 Å². The van der Waals surface area contributed by atoms with Gasteiger partial charge >= 0.3 is 0 Å². The molecule has 238 valence electrons. The van der Waals surface area contributed by atoms with Crippen LogP contribution in [-0.4, -0.2) is 5.54 Å². The molecule has 6 aliphatic carbocycles. The van der Waals surface area contributed by atoms with Crippen LogP contribution < -0.4 is 4.90 Å². The second-order valence-corrected chi connectivity index (χ2v) is 16.3. The zero-order valence-corrected chi connectivity index (χ0v) is 28.7. The van der Waals surface area contributed by atoms with Crippen molar-refractivity contribution in [3.63, 3.8) is 0 Å². The summed E-state index contributed by atoms with van der Waals surface area (Å²) in [6.45, 7) is 9.93. The summed E-state index contributed by atoms with van der Waals surface area (Å²) in [7, 11) is 0. The normalized spacial score (nSPS) is 30.2. The van der Waals surface area contributed by atoms with Gasteiger partial charge in [0.25, 0.3) is 0 Å². The molecule has 2 aromatic rings. The molecule has 0 aromatic heterocycles. The maximum atomic E-state index is 2.73. The lowest BCUT2D eigenvalue weighted by atomic mass is 9.67. The van der Waals surface area contributed by atoms with Gasteiger partial charge in [-0.15, -0.1) is 0 Å². The lowest BCUT2D eigenvalue weighted by Crippen LogP contribution is -2.51. The van der Waals surface area contributed by atoms with Gasteiger partial charge in [-0.2, -0.15) is 0 Å². The second kappa shape index (κ2) is 11.4. The molecular formula is C45H53N. The quantitative estimate of drug-likeness (QED) is 0.327. The minimum atomic E-state index is -0.198. The predicted octanol–water partition coefficient (Wildman–Crippen LogP) is 12.3. The molecule has 0 N–H and O–H groups in total. The zero-order valence-electron chi connectivity index (χ0n) is 28.7. The summed E-state index contributed by atoms with van der Waals surface area (Å²) in [5.74, 6) is 1.81. The molecule has 2 aromatic carbocycles. The Bertz CT molecular complexity index is 1680. The van der Waals surface area contributed by atoms with Gasteiger partial charge in [-0.05, 0) is 109 Å². The Morgan fingerprint density at radius 1 is 0.674 bits per heavy atom. The van der Waals surface area contributed by atoms with Crippen molar-refractivity contribution < 1.29 is 0 Å². The van der Waals surface area contributed by atoms with E-state index >= 15 is 0 Å². The van der Waals surface area contributed by atoms with Gasteiger partial charge in [0, 0.05) is 28.1 Å². The van der Waals surface area contributed by atoms with Crippen LogP contribution in [0.5, 0.6) is 0 Å². The summed E-state index contributed by atoms with van der Waals surface area (Å²) >= 11 is 0. The highest BCUT2D eigenvalue weighted by Gasteiger charge is 2.48. The standard InChI is InChI=1S/C45H53N/c1-43(2)40-30-35(33-16-9-6-10-17-33)23-26-38(40)39-27-29-44(3,31-41(39)43)46(42-20-13-19-36-18-11-12-28-45(36,42)4)37-24-21-34(22-25-37)32-14-7-5-8-15-32/h11-13,18-30,32-33,36H,5-10,14-17,31H2,1-4H3. The molecule has 1 heteroatoms. The third-order valence-corrected chi connectivity index (χ3v) is 13.0. The van der Waals surface area contributed by atoms with Gasteiger partial charge in [0.1, 0.15) is 0 Å². The number of fused-ring (bicyclic) bond motifs is 3. The lowest BCUT2D eigenvalue weighted by molar-refractivity contribution is 0.377. The van der Waals surface area contributed by atoms with E-state index < -0.39 is 0 Å². The molecule has 0 spiro atoms. The Labute approximate surface area is 278 Å². The van der Waals surface area contributed by atoms with E-state index in [1.165, 1.54) is 92.3 Å².